The number of aromatic carboxylic acids is 1. The lowest BCUT2D eigenvalue weighted by atomic mass is 10.0. The van der Waals surface area contributed by atoms with E-state index < -0.39 is 11.9 Å². The molecule has 3 rings (SSSR count). The Morgan fingerprint density at radius 2 is 1.96 bits per heavy atom. The topological polar surface area (TPSA) is 66.3 Å². The van der Waals surface area contributed by atoms with Crippen molar-refractivity contribution in [2.45, 2.75) is 19.9 Å². The maximum Gasteiger partial charge on any atom is 0.335 e. The fraction of sp³-hybridized carbons (Fsp3) is 0.211. The van der Waals surface area contributed by atoms with Gasteiger partial charge in [-0.05, 0) is 44.2 Å². The molecule has 2 aromatic heterocycles. The van der Waals surface area contributed by atoms with Crippen LogP contribution in [-0.4, -0.2) is 34.1 Å². The minimum Gasteiger partial charge on any atom is -0.478 e. The van der Waals surface area contributed by atoms with Crippen LogP contribution in [-0.2, 0) is 0 Å². The second-order valence-corrected chi connectivity index (χ2v) is 6.14. The normalized spacial score (nSPS) is 11.1. The van der Waals surface area contributed by atoms with Gasteiger partial charge >= 0.3 is 5.97 Å². The number of halogens is 1. The fourth-order valence-electron chi connectivity index (χ4n) is 2.61. The lowest BCUT2D eigenvalue weighted by Crippen LogP contribution is -2.26. The number of hydrogen-bond donors (Lipinski definition) is 1. The third-order valence-corrected chi connectivity index (χ3v) is 4.20. The van der Waals surface area contributed by atoms with Crippen LogP contribution in [0.15, 0.2) is 42.6 Å². The zero-order chi connectivity index (χ0) is 18.1. The number of benzene rings is 1. The Balaban J connectivity index is 2.28. The molecule has 0 amide bonds. The first kappa shape index (κ1) is 16.8. The molecule has 0 aliphatic carbocycles. The third kappa shape index (κ3) is 3.28. The average molecular weight is 339 g/mol. The lowest BCUT2D eigenvalue weighted by molar-refractivity contribution is 0.0697. The molecule has 1 N–H and O–H groups in total. The van der Waals surface area contributed by atoms with Crippen molar-refractivity contribution in [1.29, 1.82) is 0 Å². The summed E-state index contributed by atoms with van der Waals surface area (Å²) in [5, 5.41) is 9.92. The van der Waals surface area contributed by atoms with Gasteiger partial charge in [0.05, 0.1) is 22.5 Å². The Kier molecular flexibility index (Phi) is 4.35. The number of anilines is 1. The second-order valence-electron chi connectivity index (χ2n) is 6.14. The molecular formula is C19H18FN3O2. The molecule has 2 heterocycles. The molecule has 0 unspecified atom stereocenters. The first-order chi connectivity index (χ1) is 11.9. The van der Waals surface area contributed by atoms with Gasteiger partial charge in [-0.1, -0.05) is 0 Å². The van der Waals surface area contributed by atoms with Gasteiger partial charge in [-0.25, -0.2) is 14.8 Å². The van der Waals surface area contributed by atoms with Crippen LogP contribution in [0.25, 0.3) is 22.2 Å². The molecule has 0 spiro atoms. The minimum absolute atomic E-state index is 0.187. The molecule has 0 bridgehead atoms. The van der Waals surface area contributed by atoms with E-state index in [1.54, 1.807) is 18.2 Å². The van der Waals surface area contributed by atoms with Crippen molar-refractivity contribution in [3.63, 3.8) is 0 Å². The second kappa shape index (κ2) is 6.47. The molecule has 5 nitrogen and oxygen atoms in total. The molecule has 1 aromatic carbocycles. The van der Waals surface area contributed by atoms with E-state index in [1.807, 2.05) is 31.9 Å². The summed E-state index contributed by atoms with van der Waals surface area (Å²) in [6.07, 6.45) is 1.41. The molecule has 0 saturated carbocycles. The number of nitrogens with zero attached hydrogens (tertiary/aromatic N) is 3. The van der Waals surface area contributed by atoms with Gasteiger partial charge < -0.3 is 10.0 Å². The van der Waals surface area contributed by atoms with Crippen molar-refractivity contribution < 1.29 is 14.3 Å². The van der Waals surface area contributed by atoms with E-state index >= 15 is 0 Å². The van der Waals surface area contributed by atoms with E-state index in [9.17, 15) is 14.3 Å². The summed E-state index contributed by atoms with van der Waals surface area (Å²) in [4.78, 5) is 21.5. The van der Waals surface area contributed by atoms with Crippen LogP contribution in [0.3, 0.4) is 0 Å². The van der Waals surface area contributed by atoms with Gasteiger partial charge in [0.2, 0.25) is 5.95 Å². The van der Waals surface area contributed by atoms with E-state index in [0.717, 1.165) is 11.1 Å². The molecule has 0 atom stereocenters. The van der Waals surface area contributed by atoms with Gasteiger partial charge in [0.15, 0.2) is 0 Å². The molecular weight excluding hydrogens is 321 g/mol. The molecule has 0 radical (unpaired) electrons. The first-order valence-electron chi connectivity index (χ1n) is 7.89. The van der Waals surface area contributed by atoms with Crippen molar-refractivity contribution >= 4 is 22.6 Å². The number of carbonyl (C=O) groups is 1. The number of hydrogen-bond acceptors (Lipinski definition) is 4. The van der Waals surface area contributed by atoms with Gasteiger partial charge in [0, 0.05) is 36.3 Å². The molecule has 0 saturated heterocycles. The number of carboxylic acids is 1. The van der Waals surface area contributed by atoms with Crippen LogP contribution in [0.4, 0.5) is 10.1 Å². The zero-order valence-electron chi connectivity index (χ0n) is 14.2. The predicted octanol–water partition coefficient (Wildman–Crippen LogP) is 3.98. The number of rotatable bonds is 4. The molecule has 3 aromatic rings. The van der Waals surface area contributed by atoms with Gasteiger partial charge in [-0.2, -0.15) is 4.39 Å². The van der Waals surface area contributed by atoms with Crippen LogP contribution in [0, 0.1) is 5.95 Å². The Morgan fingerprint density at radius 1 is 1.20 bits per heavy atom. The Labute approximate surface area is 144 Å². The van der Waals surface area contributed by atoms with Crippen LogP contribution in [0.5, 0.6) is 0 Å². The van der Waals surface area contributed by atoms with Gasteiger partial charge in [-0.3, -0.25) is 0 Å². The summed E-state index contributed by atoms with van der Waals surface area (Å²) in [7, 11) is 1.93. The number of carboxylic acid groups (broad SMARTS) is 1. The summed E-state index contributed by atoms with van der Waals surface area (Å²) < 4.78 is 13.6. The van der Waals surface area contributed by atoms with E-state index in [0.29, 0.717) is 16.8 Å². The number of aromatic nitrogens is 2. The smallest absolute Gasteiger partial charge is 0.335 e. The number of pyridine rings is 2. The van der Waals surface area contributed by atoms with Gasteiger partial charge in [0.1, 0.15) is 0 Å². The summed E-state index contributed by atoms with van der Waals surface area (Å²) >= 11 is 0. The highest BCUT2D eigenvalue weighted by Crippen LogP contribution is 2.33. The molecule has 0 aliphatic heterocycles. The summed E-state index contributed by atoms with van der Waals surface area (Å²) in [5.74, 6) is -1.56. The van der Waals surface area contributed by atoms with Crippen molar-refractivity contribution in [2.75, 3.05) is 11.9 Å². The summed E-state index contributed by atoms with van der Waals surface area (Å²) in [6, 6.07) is 9.91. The molecule has 128 valence electrons. The first-order valence-corrected chi connectivity index (χ1v) is 7.89. The SMILES string of the molecule is CC(C)N(C)c1cc2cc(C(=O)O)ccc2nc1-c1ccnc(F)c1. The zero-order valence-corrected chi connectivity index (χ0v) is 14.2. The predicted molar refractivity (Wildman–Crippen MR) is 95.4 cm³/mol. The van der Waals surface area contributed by atoms with Crippen LogP contribution in [0.2, 0.25) is 0 Å². The summed E-state index contributed by atoms with van der Waals surface area (Å²) in [5.41, 5.74) is 2.91. The molecule has 6 heteroatoms. The minimum atomic E-state index is -0.985. The molecule has 0 aliphatic rings. The lowest BCUT2D eigenvalue weighted by Gasteiger charge is -2.26. The average Bonchev–Trinajstić information content (AvgIpc) is 2.59. The third-order valence-electron chi connectivity index (χ3n) is 4.20. The Bertz CT molecular complexity index is 957. The summed E-state index contributed by atoms with van der Waals surface area (Å²) in [6.45, 7) is 4.07. The van der Waals surface area contributed by atoms with E-state index in [1.165, 1.54) is 18.3 Å². The van der Waals surface area contributed by atoms with Crippen molar-refractivity contribution in [2.24, 2.45) is 0 Å². The van der Waals surface area contributed by atoms with Crippen LogP contribution >= 0.6 is 0 Å². The maximum absolute atomic E-state index is 13.6. The monoisotopic (exact) mass is 339 g/mol. The highest BCUT2D eigenvalue weighted by atomic mass is 19.1. The van der Waals surface area contributed by atoms with Gasteiger partial charge in [-0.15, -0.1) is 0 Å². The van der Waals surface area contributed by atoms with Crippen molar-refractivity contribution in [3.05, 3.63) is 54.1 Å². The maximum atomic E-state index is 13.6. The van der Waals surface area contributed by atoms with E-state index in [2.05, 4.69) is 9.97 Å². The van der Waals surface area contributed by atoms with Crippen LogP contribution in [0.1, 0.15) is 24.2 Å². The quantitative estimate of drug-likeness (QED) is 0.728. The standard InChI is InChI=1S/C19H18FN3O2/c1-11(2)23(3)16-9-14-8-13(19(24)25)4-5-15(14)22-18(16)12-6-7-21-17(20)10-12/h4-11H,1-3H3,(H,24,25). The largest absolute Gasteiger partial charge is 0.478 e. The molecule has 25 heavy (non-hydrogen) atoms. The highest BCUT2D eigenvalue weighted by Gasteiger charge is 2.16. The molecule has 0 fully saturated rings. The van der Waals surface area contributed by atoms with Crippen LogP contribution < -0.4 is 4.90 Å². The Hall–Kier alpha value is -3.02. The fourth-order valence-corrected chi connectivity index (χ4v) is 2.61. The van der Waals surface area contributed by atoms with E-state index in [4.69, 9.17) is 0 Å². The van der Waals surface area contributed by atoms with Gasteiger partial charge in [0.25, 0.3) is 0 Å². The van der Waals surface area contributed by atoms with Crippen molar-refractivity contribution in [1.82, 2.24) is 9.97 Å². The highest BCUT2D eigenvalue weighted by molar-refractivity contribution is 5.96. The number of fused-ring (bicyclic) bond motifs is 1. The Morgan fingerprint density at radius 3 is 2.60 bits per heavy atom. The van der Waals surface area contributed by atoms with E-state index in [-0.39, 0.29) is 11.6 Å². The van der Waals surface area contributed by atoms with Crippen molar-refractivity contribution in [3.8, 4) is 11.3 Å².